The van der Waals surface area contributed by atoms with Gasteiger partial charge < -0.3 is 29.4 Å². The first kappa shape index (κ1) is 46.2. The zero-order valence-corrected chi connectivity index (χ0v) is 35.9. The summed E-state index contributed by atoms with van der Waals surface area (Å²) in [4.78, 5) is 58.4. The molecule has 66 heavy (non-hydrogen) atoms. The van der Waals surface area contributed by atoms with Crippen LogP contribution in [0.5, 0.6) is 0 Å². The van der Waals surface area contributed by atoms with Gasteiger partial charge >= 0.3 is 18.5 Å². The minimum absolute atomic E-state index is 0.0767. The number of ether oxygens (including phenoxy) is 2. The molecule has 0 saturated carbocycles. The summed E-state index contributed by atoms with van der Waals surface area (Å²) in [7, 11) is 0. The van der Waals surface area contributed by atoms with Gasteiger partial charge in [0.1, 0.15) is 11.6 Å². The van der Waals surface area contributed by atoms with Gasteiger partial charge in [-0.3, -0.25) is 34.4 Å². The van der Waals surface area contributed by atoms with Crippen molar-refractivity contribution >= 4 is 29.2 Å². The number of alkyl halides is 2. The number of anilines is 2. The Morgan fingerprint density at radius 1 is 0.667 bits per heavy atom. The van der Waals surface area contributed by atoms with Crippen LogP contribution in [0.25, 0.3) is 11.5 Å². The van der Waals surface area contributed by atoms with Gasteiger partial charge in [-0.1, -0.05) is 12.1 Å². The molecule has 5 aromatic rings. The fourth-order valence-electron chi connectivity index (χ4n) is 7.80. The van der Waals surface area contributed by atoms with Crippen molar-refractivity contribution in [2.75, 3.05) is 95.1 Å². The van der Waals surface area contributed by atoms with Crippen molar-refractivity contribution in [3.8, 4) is 11.5 Å². The number of ketones is 1. The molecule has 2 aromatic carbocycles. The third kappa shape index (κ3) is 11.2. The Balaban J connectivity index is 0.000000181. The van der Waals surface area contributed by atoms with E-state index in [1.807, 2.05) is 0 Å². The number of hydrogen-bond acceptors (Lipinski definition) is 13. The number of carbonyl (C=O) groups is 3. The molecule has 0 radical (unpaired) electrons. The molecule has 4 fully saturated rings. The number of piperazine rings is 2. The number of Topliss-reactive ketones (excluding diaryl/α,β-unsaturated/α-hetero) is 1. The minimum Gasteiger partial charge on any atom is -0.415 e. The highest BCUT2D eigenvalue weighted by molar-refractivity contribution is 5.97. The number of nitrogens with zero attached hydrogens (tertiary/aromatic N) is 10. The lowest BCUT2D eigenvalue weighted by atomic mass is 10.1. The average Bonchev–Trinajstić information content (AvgIpc) is 3.81. The number of hydrogen-bond donors (Lipinski definition) is 1. The lowest BCUT2D eigenvalue weighted by Crippen LogP contribution is -2.59. The fourth-order valence-corrected chi connectivity index (χ4v) is 7.80. The van der Waals surface area contributed by atoms with Gasteiger partial charge in [0.05, 0.1) is 75.1 Å². The maximum Gasteiger partial charge on any atom is 0.324 e. The van der Waals surface area contributed by atoms with Crippen molar-refractivity contribution in [1.82, 2.24) is 39.8 Å². The minimum atomic E-state index is -2.86. The van der Waals surface area contributed by atoms with Crippen molar-refractivity contribution in [1.29, 1.82) is 0 Å². The van der Waals surface area contributed by atoms with E-state index in [4.69, 9.17) is 19.6 Å². The van der Waals surface area contributed by atoms with E-state index in [0.29, 0.717) is 72.2 Å². The number of rotatable bonds is 12. The van der Waals surface area contributed by atoms with Gasteiger partial charge in [0, 0.05) is 81.7 Å². The lowest BCUT2D eigenvalue weighted by Gasteiger charge is -2.43. The van der Waals surface area contributed by atoms with Crippen molar-refractivity contribution in [3.63, 3.8) is 0 Å². The standard InChI is InChI=1S/C23H23F3N6O3.C22H26FN5O3/c24-16-2-1-3-18(10-16)32(23(33)31-8-6-30(7-9-31)19-13-34-14-19)12-17-5-4-15(11-27-17)21-28-29-22(35-21)20(25)26;23-17-2-1-3-19(10-17)28(13-18-5-4-16(12-25-18)21(29)11-24)22(30)27-8-6-26(7-9-27)20-14-31-15-20/h1-5,10-11,19-20H,6-9,12-14H2;1-5,10,12,20H,6-9,11,13-15,24H2. The summed E-state index contributed by atoms with van der Waals surface area (Å²) in [6.07, 6.45) is 0.00235. The first-order valence-electron chi connectivity index (χ1n) is 21.6. The molecule has 17 nitrogen and oxygen atoms in total. The van der Waals surface area contributed by atoms with Crippen LogP contribution in [0.15, 0.2) is 89.6 Å². The molecule has 0 bridgehead atoms. The van der Waals surface area contributed by atoms with Gasteiger partial charge in [-0.15, -0.1) is 10.2 Å². The monoisotopic (exact) mass is 915 g/mol. The Bertz CT molecular complexity index is 2430. The van der Waals surface area contributed by atoms with E-state index in [-0.39, 0.29) is 43.4 Å². The Kier molecular flexibility index (Phi) is 14.9. The topological polar surface area (TPSA) is 180 Å². The Labute approximate surface area is 377 Å². The molecular formula is C45H49F4N11O6. The molecule has 21 heteroatoms. The first-order chi connectivity index (χ1) is 32.0. The zero-order chi connectivity index (χ0) is 46.2. The smallest absolute Gasteiger partial charge is 0.324 e. The molecule has 9 rings (SSSR count). The molecule has 3 aromatic heterocycles. The maximum absolute atomic E-state index is 14.0. The van der Waals surface area contributed by atoms with Crippen LogP contribution in [0.3, 0.4) is 0 Å². The molecule has 0 spiro atoms. The molecule has 0 atom stereocenters. The van der Waals surface area contributed by atoms with Crippen molar-refractivity contribution in [2.45, 2.75) is 31.6 Å². The second-order valence-electron chi connectivity index (χ2n) is 16.1. The van der Waals surface area contributed by atoms with Crippen molar-refractivity contribution in [3.05, 3.63) is 120 Å². The van der Waals surface area contributed by atoms with Crippen LogP contribution in [0.1, 0.15) is 34.1 Å². The van der Waals surface area contributed by atoms with E-state index in [1.54, 1.807) is 58.3 Å². The van der Waals surface area contributed by atoms with E-state index in [9.17, 15) is 31.9 Å². The quantitative estimate of drug-likeness (QED) is 0.133. The molecule has 348 valence electrons. The highest BCUT2D eigenvalue weighted by Gasteiger charge is 2.34. The molecule has 4 aliphatic heterocycles. The number of amides is 4. The summed E-state index contributed by atoms with van der Waals surface area (Å²) >= 11 is 0. The maximum atomic E-state index is 14.0. The van der Waals surface area contributed by atoms with E-state index in [1.165, 1.54) is 46.5 Å². The molecular weight excluding hydrogens is 867 g/mol. The summed E-state index contributed by atoms with van der Waals surface area (Å²) in [6, 6.07) is 18.8. The van der Waals surface area contributed by atoms with Gasteiger partial charge in [0.15, 0.2) is 5.78 Å². The largest absolute Gasteiger partial charge is 0.415 e. The summed E-state index contributed by atoms with van der Waals surface area (Å²) in [5, 5.41) is 6.92. The number of pyridine rings is 2. The third-order valence-electron chi connectivity index (χ3n) is 11.8. The van der Waals surface area contributed by atoms with Crippen LogP contribution in [0, 0.1) is 11.6 Å². The van der Waals surface area contributed by atoms with Gasteiger partial charge in [0.2, 0.25) is 5.89 Å². The van der Waals surface area contributed by atoms with Gasteiger partial charge in [-0.25, -0.2) is 18.4 Å². The van der Waals surface area contributed by atoms with Crippen LogP contribution in [0.4, 0.5) is 38.5 Å². The van der Waals surface area contributed by atoms with E-state index < -0.39 is 24.0 Å². The van der Waals surface area contributed by atoms with Crippen molar-refractivity contribution < 1.29 is 45.8 Å². The van der Waals surface area contributed by atoms with Crippen LogP contribution in [-0.2, 0) is 22.6 Å². The third-order valence-corrected chi connectivity index (χ3v) is 11.8. The molecule has 7 heterocycles. The first-order valence-corrected chi connectivity index (χ1v) is 21.6. The average molecular weight is 916 g/mol. The molecule has 0 unspecified atom stereocenters. The van der Waals surface area contributed by atoms with Crippen LogP contribution >= 0.6 is 0 Å². The van der Waals surface area contributed by atoms with Crippen molar-refractivity contribution in [2.24, 2.45) is 5.73 Å². The number of aromatic nitrogens is 4. The van der Waals surface area contributed by atoms with E-state index >= 15 is 0 Å². The van der Waals surface area contributed by atoms with Gasteiger partial charge in [0.25, 0.3) is 5.89 Å². The summed E-state index contributed by atoms with van der Waals surface area (Å²) in [6.45, 7) is 8.45. The highest BCUT2D eigenvalue weighted by Crippen LogP contribution is 2.26. The fraction of sp³-hybridized carbons (Fsp3) is 0.400. The summed E-state index contributed by atoms with van der Waals surface area (Å²) < 4.78 is 68.8. The molecule has 0 aliphatic carbocycles. The van der Waals surface area contributed by atoms with Crippen LogP contribution < -0.4 is 15.5 Å². The molecule has 2 N–H and O–H groups in total. The molecule has 4 aliphatic rings. The highest BCUT2D eigenvalue weighted by atomic mass is 19.3. The summed E-state index contributed by atoms with van der Waals surface area (Å²) in [5.74, 6) is -1.91. The number of halogens is 4. The predicted molar refractivity (Wildman–Crippen MR) is 232 cm³/mol. The lowest BCUT2D eigenvalue weighted by molar-refractivity contribution is -0.0738. The molecule has 4 amide bonds. The Morgan fingerprint density at radius 3 is 1.55 bits per heavy atom. The molecule has 4 saturated heterocycles. The van der Waals surface area contributed by atoms with Crippen LogP contribution in [0.2, 0.25) is 0 Å². The number of urea groups is 2. The number of benzene rings is 2. The zero-order valence-electron chi connectivity index (χ0n) is 35.9. The normalized spacial score (nSPS) is 17.1. The van der Waals surface area contributed by atoms with E-state index in [2.05, 4.69) is 30.0 Å². The predicted octanol–water partition coefficient (Wildman–Crippen LogP) is 4.86. The number of carbonyl (C=O) groups excluding carboxylic acids is 3. The Morgan fingerprint density at radius 2 is 1.17 bits per heavy atom. The van der Waals surface area contributed by atoms with Crippen LogP contribution in [-0.4, -0.2) is 155 Å². The van der Waals surface area contributed by atoms with Gasteiger partial charge in [-0.05, 0) is 60.7 Å². The SMILES string of the molecule is NCC(=O)c1ccc(CN(C(=O)N2CCN(C3COC3)CC2)c2cccc(F)c2)nc1.O=C(N1CCN(C2COC2)CC1)N(Cc1ccc(-c2nnc(C(F)F)o2)cn1)c1cccc(F)c1. The second kappa shape index (κ2) is 21.3. The summed E-state index contributed by atoms with van der Waals surface area (Å²) in [5.41, 5.74) is 8.17. The van der Waals surface area contributed by atoms with E-state index in [0.717, 1.165) is 52.6 Å². The second-order valence-corrected chi connectivity index (χ2v) is 16.1. The van der Waals surface area contributed by atoms with Gasteiger partial charge in [-0.2, -0.15) is 8.78 Å². The number of nitrogens with two attached hydrogens (primary N) is 1. The Hall–Kier alpha value is -6.39.